The van der Waals surface area contributed by atoms with Gasteiger partial charge in [-0.25, -0.2) is 9.97 Å². The zero-order valence-corrected chi connectivity index (χ0v) is 16.4. The lowest BCUT2D eigenvalue weighted by molar-refractivity contribution is 0.102. The van der Waals surface area contributed by atoms with Crippen molar-refractivity contribution in [3.05, 3.63) is 40.3 Å². The molecule has 1 aromatic carbocycles. The van der Waals surface area contributed by atoms with Crippen LogP contribution in [0, 0.1) is 13.8 Å². The summed E-state index contributed by atoms with van der Waals surface area (Å²) in [6.45, 7) is 5.18. The highest BCUT2D eigenvalue weighted by atomic mass is 35.5. The van der Waals surface area contributed by atoms with Crippen LogP contribution in [-0.2, 0) is 0 Å². The van der Waals surface area contributed by atoms with Gasteiger partial charge in [-0.05, 0) is 39.6 Å². The van der Waals surface area contributed by atoms with Gasteiger partial charge in [0.25, 0.3) is 5.91 Å². The Morgan fingerprint density at radius 3 is 2.62 bits per heavy atom. The first kappa shape index (κ1) is 19.9. The normalized spacial score (nSPS) is 10.7. The van der Waals surface area contributed by atoms with Crippen LogP contribution in [0.15, 0.2) is 18.2 Å². The Kier molecular flexibility index (Phi) is 6.76. The Morgan fingerprint density at radius 2 is 1.96 bits per heavy atom. The summed E-state index contributed by atoms with van der Waals surface area (Å²) in [4.78, 5) is 23.2. The summed E-state index contributed by atoms with van der Waals surface area (Å²) in [7, 11) is 5.51. The molecule has 0 saturated heterocycles. The SMILES string of the molecule is COc1cc(Cl)c(C)cc1NC(=O)c1cc(NCCN(C)C)nc(C)n1. The van der Waals surface area contributed by atoms with E-state index in [1.807, 2.05) is 21.0 Å². The standard InChI is InChI=1S/C18H24ClN5O2/c1-11-8-14(16(26-5)9-13(11)19)23-18(25)15-10-17(22-12(2)21-15)20-6-7-24(3)4/h8-10H,6-7H2,1-5H3,(H,23,25)(H,20,21,22). The van der Waals surface area contributed by atoms with Crippen LogP contribution in [0.25, 0.3) is 0 Å². The van der Waals surface area contributed by atoms with E-state index in [1.54, 1.807) is 25.1 Å². The molecule has 0 spiro atoms. The van der Waals surface area contributed by atoms with Gasteiger partial charge >= 0.3 is 0 Å². The number of ether oxygens (including phenoxy) is 1. The Bertz CT molecular complexity index is 795. The number of aryl methyl sites for hydroxylation is 2. The number of rotatable bonds is 7. The molecule has 0 aliphatic heterocycles. The van der Waals surface area contributed by atoms with Crippen molar-refractivity contribution < 1.29 is 9.53 Å². The molecule has 7 nitrogen and oxygen atoms in total. The number of carbonyl (C=O) groups excluding carboxylic acids is 1. The van der Waals surface area contributed by atoms with Gasteiger partial charge in [-0.2, -0.15) is 0 Å². The van der Waals surface area contributed by atoms with Gasteiger partial charge in [-0.1, -0.05) is 11.6 Å². The predicted molar refractivity (Wildman–Crippen MR) is 105 cm³/mol. The summed E-state index contributed by atoms with van der Waals surface area (Å²) in [6.07, 6.45) is 0. The van der Waals surface area contributed by atoms with Crippen molar-refractivity contribution in [2.24, 2.45) is 0 Å². The van der Waals surface area contributed by atoms with Gasteiger partial charge in [0.1, 0.15) is 23.1 Å². The molecule has 2 aromatic rings. The molecule has 0 radical (unpaired) electrons. The number of amides is 1. The average molecular weight is 378 g/mol. The quantitative estimate of drug-likeness (QED) is 0.772. The largest absolute Gasteiger partial charge is 0.495 e. The fourth-order valence-corrected chi connectivity index (χ4v) is 2.45. The Hall–Kier alpha value is -2.38. The molecule has 0 saturated carbocycles. The lowest BCUT2D eigenvalue weighted by Gasteiger charge is -2.13. The molecule has 1 aromatic heterocycles. The fraction of sp³-hybridized carbons (Fsp3) is 0.389. The second-order valence-electron chi connectivity index (χ2n) is 6.17. The van der Waals surface area contributed by atoms with Gasteiger partial charge in [0.15, 0.2) is 0 Å². The van der Waals surface area contributed by atoms with E-state index >= 15 is 0 Å². The second-order valence-corrected chi connectivity index (χ2v) is 6.58. The minimum atomic E-state index is -0.341. The minimum Gasteiger partial charge on any atom is -0.495 e. The number of aromatic nitrogens is 2. The molecule has 0 aliphatic rings. The summed E-state index contributed by atoms with van der Waals surface area (Å²) in [5.41, 5.74) is 1.66. The maximum absolute atomic E-state index is 12.6. The van der Waals surface area contributed by atoms with E-state index in [0.29, 0.717) is 34.6 Å². The van der Waals surface area contributed by atoms with Crippen LogP contribution in [0.1, 0.15) is 21.9 Å². The van der Waals surface area contributed by atoms with Crippen molar-refractivity contribution in [1.29, 1.82) is 0 Å². The number of nitrogens with one attached hydrogen (secondary N) is 2. The monoisotopic (exact) mass is 377 g/mol. The topological polar surface area (TPSA) is 79.4 Å². The van der Waals surface area contributed by atoms with Crippen LogP contribution < -0.4 is 15.4 Å². The summed E-state index contributed by atoms with van der Waals surface area (Å²) < 4.78 is 5.29. The van der Waals surface area contributed by atoms with Crippen LogP contribution in [0.4, 0.5) is 11.5 Å². The Morgan fingerprint density at radius 1 is 1.23 bits per heavy atom. The average Bonchev–Trinajstić information content (AvgIpc) is 2.57. The van der Waals surface area contributed by atoms with Crippen LogP contribution in [0.3, 0.4) is 0 Å². The van der Waals surface area contributed by atoms with E-state index < -0.39 is 0 Å². The van der Waals surface area contributed by atoms with Crippen molar-refractivity contribution in [2.75, 3.05) is 44.9 Å². The van der Waals surface area contributed by atoms with Crippen molar-refractivity contribution >= 4 is 29.0 Å². The van der Waals surface area contributed by atoms with Gasteiger partial charge in [0.05, 0.1) is 12.8 Å². The van der Waals surface area contributed by atoms with Gasteiger partial charge in [-0.15, -0.1) is 0 Å². The van der Waals surface area contributed by atoms with Crippen LogP contribution >= 0.6 is 11.6 Å². The first-order chi connectivity index (χ1) is 12.3. The third kappa shape index (κ3) is 5.31. The number of halogens is 1. The highest BCUT2D eigenvalue weighted by Crippen LogP contribution is 2.31. The van der Waals surface area contributed by atoms with E-state index in [4.69, 9.17) is 16.3 Å². The lowest BCUT2D eigenvalue weighted by atomic mass is 10.2. The maximum Gasteiger partial charge on any atom is 0.274 e. The molecule has 0 unspecified atom stereocenters. The van der Waals surface area contributed by atoms with Crippen LogP contribution in [0.2, 0.25) is 5.02 Å². The highest BCUT2D eigenvalue weighted by molar-refractivity contribution is 6.31. The molecular formula is C18H24ClN5O2. The molecule has 26 heavy (non-hydrogen) atoms. The first-order valence-corrected chi connectivity index (χ1v) is 8.57. The van der Waals surface area contributed by atoms with E-state index in [2.05, 4.69) is 25.5 Å². The van der Waals surface area contributed by atoms with Crippen molar-refractivity contribution in [2.45, 2.75) is 13.8 Å². The number of hydrogen-bond donors (Lipinski definition) is 2. The molecule has 0 bridgehead atoms. The molecule has 1 amide bonds. The number of hydrogen-bond acceptors (Lipinski definition) is 6. The zero-order chi connectivity index (χ0) is 19.3. The highest BCUT2D eigenvalue weighted by Gasteiger charge is 2.14. The second kappa shape index (κ2) is 8.82. The molecule has 140 valence electrons. The summed E-state index contributed by atoms with van der Waals surface area (Å²) in [6, 6.07) is 5.07. The van der Waals surface area contributed by atoms with E-state index in [-0.39, 0.29) is 11.6 Å². The molecular weight excluding hydrogens is 354 g/mol. The number of likely N-dealkylation sites (N-methyl/N-ethyl adjacent to an activating group) is 1. The van der Waals surface area contributed by atoms with Crippen molar-refractivity contribution in [3.8, 4) is 5.75 Å². The molecule has 0 atom stereocenters. The number of methoxy groups -OCH3 is 1. The van der Waals surface area contributed by atoms with Gasteiger partial charge in [-0.3, -0.25) is 4.79 Å². The molecule has 8 heteroatoms. The summed E-state index contributed by atoms with van der Waals surface area (Å²) in [5, 5.41) is 6.60. The zero-order valence-electron chi connectivity index (χ0n) is 15.7. The predicted octanol–water partition coefficient (Wildman–Crippen LogP) is 2.98. The van der Waals surface area contributed by atoms with Gasteiger partial charge in [0.2, 0.25) is 0 Å². The number of anilines is 2. The minimum absolute atomic E-state index is 0.277. The molecule has 1 heterocycles. The third-order valence-electron chi connectivity index (χ3n) is 3.66. The third-order valence-corrected chi connectivity index (χ3v) is 4.07. The Balaban J connectivity index is 2.19. The molecule has 0 aliphatic carbocycles. The van der Waals surface area contributed by atoms with Crippen LogP contribution in [0.5, 0.6) is 5.75 Å². The molecule has 2 N–H and O–H groups in total. The van der Waals surface area contributed by atoms with E-state index in [0.717, 1.165) is 12.1 Å². The summed E-state index contributed by atoms with van der Waals surface area (Å²) in [5.74, 6) is 1.28. The van der Waals surface area contributed by atoms with Crippen molar-refractivity contribution in [1.82, 2.24) is 14.9 Å². The van der Waals surface area contributed by atoms with Crippen LogP contribution in [-0.4, -0.2) is 55.1 Å². The molecule has 2 rings (SSSR count). The number of carbonyl (C=O) groups is 1. The van der Waals surface area contributed by atoms with Gasteiger partial charge in [0, 0.05) is 30.2 Å². The lowest BCUT2D eigenvalue weighted by Crippen LogP contribution is -2.22. The number of benzene rings is 1. The maximum atomic E-state index is 12.6. The van der Waals surface area contributed by atoms with Crippen molar-refractivity contribution in [3.63, 3.8) is 0 Å². The molecule has 0 fully saturated rings. The Labute approximate surface area is 158 Å². The fourth-order valence-electron chi connectivity index (χ4n) is 2.30. The summed E-state index contributed by atoms with van der Waals surface area (Å²) >= 11 is 6.11. The van der Waals surface area contributed by atoms with Gasteiger partial charge < -0.3 is 20.3 Å². The number of nitrogens with zero attached hydrogens (tertiary/aromatic N) is 3. The van der Waals surface area contributed by atoms with E-state index in [1.165, 1.54) is 7.11 Å². The first-order valence-electron chi connectivity index (χ1n) is 8.20. The smallest absolute Gasteiger partial charge is 0.274 e. The van der Waals surface area contributed by atoms with E-state index in [9.17, 15) is 4.79 Å².